The van der Waals surface area contributed by atoms with Crippen molar-refractivity contribution in [2.45, 2.75) is 65.2 Å². The van der Waals surface area contributed by atoms with E-state index in [1.807, 2.05) is 6.92 Å². The average Bonchev–Trinajstić information content (AvgIpc) is 2.69. The Morgan fingerprint density at radius 1 is 1.17 bits per heavy atom. The van der Waals surface area contributed by atoms with Crippen molar-refractivity contribution >= 4 is 29.0 Å². The number of alkyl halides is 1. The van der Waals surface area contributed by atoms with Crippen molar-refractivity contribution in [1.82, 2.24) is 0 Å². The van der Waals surface area contributed by atoms with Gasteiger partial charge in [-0.05, 0) is 50.2 Å². The molecule has 1 aromatic carbocycles. The first-order valence-electron chi connectivity index (χ1n) is 10.2. The van der Waals surface area contributed by atoms with Gasteiger partial charge >= 0.3 is 5.97 Å². The Balaban J connectivity index is 2.41. The second kappa shape index (κ2) is 10.3. The molecule has 8 heteroatoms. The number of halogens is 1. The number of hydrogen-bond donors (Lipinski definition) is 2. The molecule has 1 heterocycles. The fourth-order valence-electron chi connectivity index (χ4n) is 3.29. The van der Waals surface area contributed by atoms with Crippen molar-refractivity contribution in [1.29, 1.82) is 0 Å². The van der Waals surface area contributed by atoms with Crippen LogP contribution in [0.1, 0.15) is 62.4 Å². The van der Waals surface area contributed by atoms with Gasteiger partial charge in [0.15, 0.2) is 6.17 Å². The zero-order chi connectivity index (χ0) is 22.4. The van der Waals surface area contributed by atoms with E-state index in [0.717, 1.165) is 6.42 Å². The summed E-state index contributed by atoms with van der Waals surface area (Å²) >= 11 is 0. The molecule has 1 aromatic rings. The molecule has 2 rings (SSSR count). The van der Waals surface area contributed by atoms with Gasteiger partial charge < -0.3 is 15.2 Å². The summed E-state index contributed by atoms with van der Waals surface area (Å²) in [6, 6.07) is 3.12. The standard InChI is InChI=1S/C22H28FNO6/c1-4-8-24-15-10-14-6-5-7-17(25)21(28)20(27)16(23)9-12(2)13(3)30-22(29)19(14)18(26)11-15/h10-13,16,24,26H,4-9H2,1-3H3/t12-,13+,16?/m1/s1. The lowest BCUT2D eigenvalue weighted by Gasteiger charge is -2.23. The van der Waals surface area contributed by atoms with E-state index in [1.54, 1.807) is 19.9 Å². The molecule has 0 aliphatic carbocycles. The highest BCUT2D eigenvalue weighted by Gasteiger charge is 2.33. The highest BCUT2D eigenvalue weighted by molar-refractivity contribution is 6.64. The molecule has 0 radical (unpaired) electrons. The van der Waals surface area contributed by atoms with Gasteiger partial charge in [0.25, 0.3) is 5.78 Å². The summed E-state index contributed by atoms with van der Waals surface area (Å²) in [7, 11) is 0. The van der Waals surface area contributed by atoms with Crippen LogP contribution in [0.4, 0.5) is 10.1 Å². The first-order valence-corrected chi connectivity index (χ1v) is 10.2. The summed E-state index contributed by atoms with van der Waals surface area (Å²) in [4.78, 5) is 48.7. The molecule has 0 spiro atoms. The maximum absolute atomic E-state index is 14.2. The third-order valence-electron chi connectivity index (χ3n) is 5.27. The van der Waals surface area contributed by atoms with Crippen molar-refractivity contribution in [2.75, 3.05) is 11.9 Å². The van der Waals surface area contributed by atoms with Crippen LogP contribution < -0.4 is 5.32 Å². The van der Waals surface area contributed by atoms with Crippen molar-refractivity contribution in [3.63, 3.8) is 0 Å². The number of ether oxygens (including phenoxy) is 1. The van der Waals surface area contributed by atoms with Crippen LogP contribution in [0.3, 0.4) is 0 Å². The molecule has 30 heavy (non-hydrogen) atoms. The zero-order valence-electron chi connectivity index (χ0n) is 17.5. The highest BCUT2D eigenvalue weighted by atomic mass is 19.1. The molecule has 0 saturated heterocycles. The number of Topliss-reactive ketones (excluding diaryl/α,β-unsaturated/α-hetero) is 3. The maximum atomic E-state index is 14.2. The first-order chi connectivity index (χ1) is 14.1. The number of phenols is 1. The van der Waals surface area contributed by atoms with Gasteiger partial charge in [0.05, 0.1) is 0 Å². The van der Waals surface area contributed by atoms with E-state index in [0.29, 0.717) is 17.8 Å². The summed E-state index contributed by atoms with van der Waals surface area (Å²) in [6.07, 6.45) is -2.32. The van der Waals surface area contributed by atoms with Crippen molar-refractivity contribution in [2.24, 2.45) is 5.92 Å². The lowest BCUT2D eigenvalue weighted by molar-refractivity contribution is -0.146. The molecule has 1 aliphatic heterocycles. The molecule has 0 bridgehead atoms. The molecule has 3 atom stereocenters. The third kappa shape index (κ3) is 5.64. The number of carbonyl (C=O) groups is 4. The molecular formula is C22H28FNO6. The van der Waals surface area contributed by atoms with E-state index in [4.69, 9.17) is 4.74 Å². The molecule has 164 valence electrons. The van der Waals surface area contributed by atoms with Crippen molar-refractivity contribution in [3.05, 3.63) is 23.3 Å². The number of anilines is 1. The zero-order valence-corrected chi connectivity index (χ0v) is 17.5. The van der Waals surface area contributed by atoms with Crippen LogP contribution in [-0.4, -0.2) is 47.2 Å². The van der Waals surface area contributed by atoms with Gasteiger partial charge in [-0.25, -0.2) is 9.18 Å². The Morgan fingerprint density at radius 3 is 2.53 bits per heavy atom. The summed E-state index contributed by atoms with van der Waals surface area (Å²) in [5, 5.41) is 13.6. The van der Waals surface area contributed by atoms with Gasteiger partial charge in [-0.1, -0.05) is 13.8 Å². The number of carbonyl (C=O) groups excluding carboxylic acids is 4. The van der Waals surface area contributed by atoms with Crippen LogP contribution in [0, 0.1) is 5.92 Å². The number of ketones is 3. The number of esters is 1. The minimum absolute atomic E-state index is 0.0141. The fraction of sp³-hybridized carbons (Fsp3) is 0.545. The van der Waals surface area contributed by atoms with Gasteiger partial charge in [-0.15, -0.1) is 0 Å². The minimum Gasteiger partial charge on any atom is -0.507 e. The van der Waals surface area contributed by atoms with E-state index in [1.165, 1.54) is 6.07 Å². The van der Waals surface area contributed by atoms with Crippen LogP contribution in [0.15, 0.2) is 12.1 Å². The van der Waals surface area contributed by atoms with Gasteiger partial charge in [-0.2, -0.15) is 0 Å². The number of rotatable bonds is 3. The quantitative estimate of drug-likeness (QED) is 0.570. The van der Waals surface area contributed by atoms with Crippen LogP contribution >= 0.6 is 0 Å². The molecule has 0 aromatic heterocycles. The Kier molecular flexibility index (Phi) is 8.08. The maximum Gasteiger partial charge on any atom is 0.342 e. The number of cyclic esters (lactones) is 1. The van der Waals surface area contributed by atoms with Crippen molar-refractivity contribution < 1.29 is 33.4 Å². The predicted octanol–water partition coefficient (Wildman–Crippen LogP) is 3.17. The van der Waals surface area contributed by atoms with E-state index < -0.39 is 41.5 Å². The van der Waals surface area contributed by atoms with Gasteiger partial charge in [0.1, 0.15) is 17.4 Å². The number of aryl methyl sites for hydroxylation is 1. The predicted molar refractivity (Wildman–Crippen MR) is 108 cm³/mol. The number of phenolic OH excluding ortho intramolecular Hbond substituents is 1. The second-order valence-corrected chi connectivity index (χ2v) is 7.72. The number of fused-ring (bicyclic) bond motifs is 1. The fourth-order valence-corrected chi connectivity index (χ4v) is 3.29. The van der Waals surface area contributed by atoms with E-state index in [2.05, 4.69) is 5.32 Å². The summed E-state index contributed by atoms with van der Waals surface area (Å²) in [5.41, 5.74) is 1.06. The van der Waals surface area contributed by atoms with Crippen LogP contribution in [0.2, 0.25) is 0 Å². The highest BCUT2D eigenvalue weighted by Crippen LogP contribution is 2.30. The van der Waals surface area contributed by atoms with E-state index in [9.17, 15) is 28.7 Å². The first kappa shape index (κ1) is 23.5. The molecule has 1 aliphatic rings. The van der Waals surface area contributed by atoms with E-state index >= 15 is 0 Å². The van der Waals surface area contributed by atoms with Crippen LogP contribution in [-0.2, 0) is 25.5 Å². The van der Waals surface area contributed by atoms with Gasteiger partial charge in [0, 0.05) is 24.7 Å². The summed E-state index contributed by atoms with van der Waals surface area (Å²) < 4.78 is 19.6. The normalized spacial score (nSPS) is 24.1. The lowest BCUT2D eigenvalue weighted by Crippen LogP contribution is -2.34. The summed E-state index contributed by atoms with van der Waals surface area (Å²) in [5.74, 6) is -5.25. The van der Waals surface area contributed by atoms with Gasteiger partial charge in [0.2, 0.25) is 11.6 Å². The third-order valence-corrected chi connectivity index (χ3v) is 5.27. The van der Waals surface area contributed by atoms with E-state index in [-0.39, 0.29) is 37.0 Å². The molecule has 0 amide bonds. The second-order valence-electron chi connectivity index (χ2n) is 7.72. The SMILES string of the molecule is CCCNc1cc(O)c2c(c1)CCCC(=O)C(=O)C(=O)C(F)C[C@@H](C)[C@H](C)OC2=O. The molecule has 7 nitrogen and oxygen atoms in total. The summed E-state index contributed by atoms with van der Waals surface area (Å²) in [6.45, 7) is 5.77. The number of aromatic hydroxyl groups is 1. The Morgan fingerprint density at radius 2 is 1.87 bits per heavy atom. The monoisotopic (exact) mass is 421 g/mol. The Bertz CT molecular complexity index is 837. The average molecular weight is 421 g/mol. The molecular weight excluding hydrogens is 393 g/mol. The van der Waals surface area contributed by atoms with Crippen LogP contribution in [0.5, 0.6) is 5.75 Å². The topological polar surface area (TPSA) is 110 Å². The largest absolute Gasteiger partial charge is 0.507 e. The van der Waals surface area contributed by atoms with Crippen molar-refractivity contribution in [3.8, 4) is 5.75 Å². The molecule has 1 unspecified atom stereocenters. The lowest BCUT2D eigenvalue weighted by atomic mass is 9.93. The number of benzene rings is 1. The molecule has 0 fully saturated rings. The number of nitrogens with one attached hydrogen (secondary N) is 1. The molecule has 2 N–H and O–H groups in total. The Hall–Kier alpha value is -2.77. The Labute approximate surface area is 175 Å². The van der Waals surface area contributed by atoms with Crippen LogP contribution in [0.25, 0.3) is 0 Å². The smallest absolute Gasteiger partial charge is 0.342 e. The van der Waals surface area contributed by atoms with Gasteiger partial charge in [-0.3, -0.25) is 14.4 Å². The number of hydrogen-bond acceptors (Lipinski definition) is 7. The molecule has 0 saturated carbocycles. The minimum atomic E-state index is -2.13.